The van der Waals surface area contributed by atoms with Gasteiger partial charge in [0.25, 0.3) is 0 Å². The third kappa shape index (κ3) is 4.71. The highest BCUT2D eigenvalue weighted by molar-refractivity contribution is 5.85. The molecule has 3 aromatic carbocycles. The van der Waals surface area contributed by atoms with Gasteiger partial charge in [0.15, 0.2) is 0 Å². The van der Waals surface area contributed by atoms with Crippen LogP contribution in [0.5, 0.6) is 0 Å². The molecule has 0 aliphatic carbocycles. The fourth-order valence-electron chi connectivity index (χ4n) is 5.25. The minimum atomic E-state index is -0.666. The van der Waals surface area contributed by atoms with E-state index in [4.69, 9.17) is 0 Å². The summed E-state index contributed by atoms with van der Waals surface area (Å²) < 4.78 is 0. The molecule has 0 saturated carbocycles. The molecule has 5 rings (SSSR count). The summed E-state index contributed by atoms with van der Waals surface area (Å²) in [5, 5.41) is 11.1. The molecule has 3 nitrogen and oxygen atoms in total. The zero-order valence-electron chi connectivity index (χ0n) is 18.6. The van der Waals surface area contributed by atoms with E-state index < -0.39 is 5.60 Å². The molecule has 0 atom stereocenters. The standard InChI is InChI=1S/C28H32N2O.ClH/c31-28(25-11-2-1-3-12-25)17-21-29(22-18-28)19-8-20-30-26-13-6-4-9-23(26)15-16-24-10-5-7-14-27(24)30;/h1-7,9-14,31H,8,15-22H2;1H. The van der Waals surface area contributed by atoms with Crippen molar-refractivity contribution in [1.29, 1.82) is 0 Å². The van der Waals surface area contributed by atoms with Crippen LogP contribution in [0, 0.1) is 0 Å². The number of halogens is 1. The average molecular weight is 449 g/mol. The number of likely N-dealkylation sites (tertiary alicyclic amines) is 1. The number of anilines is 2. The molecule has 1 fully saturated rings. The van der Waals surface area contributed by atoms with Crippen molar-refractivity contribution in [3.05, 3.63) is 95.6 Å². The highest BCUT2D eigenvalue weighted by Crippen LogP contribution is 2.36. The maximum Gasteiger partial charge on any atom is 0.0920 e. The van der Waals surface area contributed by atoms with Crippen LogP contribution in [-0.4, -0.2) is 36.2 Å². The second-order valence-electron chi connectivity index (χ2n) is 9.00. The topological polar surface area (TPSA) is 26.7 Å². The monoisotopic (exact) mass is 448 g/mol. The summed E-state index contributed by atoms with van der Waals surface area (Å²) in [7, 11) is 0. The fraction of sp³-hybridized carbons (Fsp3) is 0.357. The van der Waals surface area contributed by atoms with Gasteiger partial charge in [-0.1, -0.05) is 66.7 Å². The number of benzene rings is 3. The van der Waals surface area contributed by atoms with Crippen molar-refractivity contribution in [3.8, 4) is 0 Å². The molecule has 168 valence electrons. The Morgan fingerprint density at radius 2 is 1.22 bits per heavy atom. The molecule has 4 heteroatoms. The third-order valence-corrected chi connectivity index (χ3v) is 7.08. The van der Waals surface area contributed by atoms with Gasteiger partial charge in [0.05, 0.1) is 5.60 Å². The molecule has 1 saturated heterocycles. The fourth-order valence-corrected chi connectivity index (χ4v) is 5.25. The molecule has 3 aromatic rings. The number of rotatable bonds is 5. The van der Waals surface area contributed by atoms with Gasteiger partial charge in [0.1, 0.15) is 0 Å². The van der Waals surface area contributed by atoms with Crippen molar-refractivity contribution in [2.75, 3.05) is 31.1 Å². The van der Waals surface area contributed by atoms with E-state index in [9.17, 15) is 5.11 Å². The Bertz CT molecular complexity index is 967. The first-order valence-electron chi connectivity index (χ1n) is 11.7. The van der Waals surface area contributed by atoms with E-state index in [-0.39, 0.29) is 12.4 Å². The minimum Gasteiger partial charge on any atom is -0.385 e. The summed E-state index contributed by atoms with van der Waals surface area (Å²) >= 11 is 0. The average Bonchev–Trinajstić information content (AvgIpc) is 2.98. The Hall–Kier alpha value is -2.33. The van der Waals surface area contributed by atoms with Crippen LogP contribution in [-0.2, 0) is 18.4 Å². The lowest BCUT2D eigenvalue weighted by Crippen LogP contribution is -2.43. The van der Waals surface area contributed by atoms with Gasteiger partial charge in [-0.15, -0.1) is 12.4 Å². The van der Waals surface area contributed by atoms with Gasteiger partial charge in [-0.25, -0.2) is 0 Å². The Morgan fingerprint density at radius 1 is 0.688 bits per heavy atom. The number of hydrogen-bond acceptors (Lipinski definition) is 3. The summed E-state index contributed by atoms with van der Waals surface area (Å²) in [5.74, 6) is 0. The van der Waals surface area contributed by atoms with E-state index in [0.29, 0.717) is 0 Å². The lowest BCUT2D eigenvalue weighted by molar-refractivity contribution is -0.0258. The van der Waals surface area contributed by atoms with Gasteiger partial charge in [0.2, 0.25) is 0 Å². The number of fused-ring (bicyclic) bond motifs is 2. The van der Waals surface area contributed by atoms with Crippen LogP contribution >= 0.6 is 12.4 Å². The number of nitrogens with zero attached hydrogens (tertiary/aromatic N) is 2. The molecule has 1 N–H and O–H groups in total. The van der Waals surface area contributed by atoms with Gasteiger partial charge in [0, 0.05) is 31.0 Å². The molecule has 0 amide bonds. The molecule has 0 aromatic heterocycles. The largest absolute Gasteiger partial charge is 0.385 e. The molecule has 32 heavy (non-hydrogen) atoms. The number of para-hydroxylation sites is 2. The molecule has 0 radical (unpaired) electrons. The van der Waals surface area contributed by atoms with Gasteiger partial charge in [-0.05, 0) is 67.5 Å². The zero-order valence-corrected chi connectivity index (χ0v) is 19.4. The number of aryl methyl sites for hydroxylation is 2. The zero-order chi connectivity index (χ0) is 21.1. The Balaban J connectivity index is 0.00000245. The third-order valence-electron chi connectivity index (χ3n) is 7.08. The van der Waals surface area contributed by atoms with Crippen LogP contribution in [0.25, 0.3) is 0 Å². The number of aliphatic hydroxyl groups is 1. The first-order chi connectivity index (χ1) is 15.2. The molecule has 0 unspecified atom stereocenters. The highest BCUT2D eigenvalue weighted by Gasteiger charge is 2.33. The second-order valence-corrected chi connectivity index (χ2v) is 9.00. The van der Waals surface area contributed by atoms with E-state index in [1.165, 1.54) is 22.5 Å². The van der Waals surface area contributed by atoms with Crippen molar-refractivity contribution in [2.24, 2.45) is 0 Å². The number of piperidine rings is 1. The molecule has 2 aliphatic heterocycles. The summed E-state index contributed by atoms with van der Waals surface area (Å²) in [5.41, 5.74) is 6.02. The van der Waals surface area contributed by atoms with Crippen molar-refractivity contribution in [1.82, 2.24) is 4.90 Å². The number of hydrogen-bond donors (Lipinski definition) is 1. The van der Waals surface area contributed by atoms with E-state index in [1.807, 2.05) is 18.2 Å². The molecular weight excluding hydrogens is 416 g/mol. The summed E-state index contributed by atoms with van der Waals surface area (Å²) in [4.78, 5) is 5.05. The Labute approximate surface area is 198 Å². The lowest BCUT2D eigenvalue weighted by atomic mass is 9.84. The lowest BCUT2D eigenvalue weighted by Gasteiger charge is -2.39. The molecule has 2 aliphatic rings. The van der Waals surface area contributed by atoms with Gasteiger partial charge in [-0.2, -0.15) is 0 Å². The summed E-state index contributed by atoms with van der Waals surface area (Å²) in [6.07, 6.45) is 4.95. The molecule has 0 spiro atoms. The quantitative estimate of drug-likeness (QED) is 0.540. The maximum absolute atomic E-state index is 11.1. The first kappa shape index (κ1) is 22.8. The second kappa shape index (κ2) is 10.1. The van der Waals surface area contributed by atoms with Crippen molar-refractivity contribution in [3.63, 3.8) is 0 Å². The van der Waals surface area contributed by atoms with Gasteiger partial charge in [-0.3, -0.25) is 0 Å². The summed E-state index contributed by atoms with van der Waals surface area (Å²) in [6.45, 7) is 4.01. The first-order valence-corrected chi connectivity index (χ1v) is 11.7. The van der Waals surface area contributed by atoms with Crippen LogP contribution < -0.4 is 4.90 Å². The Morgan fingerprint density at radius 3 is 1.81 bits per heavy atom. The van der Waals surface area contributed by atoms with Crippen LogP contribution in [0.15, 0.2) is 78.9 Å². The molecule has 0 bridgehead atoms. The van der Waals surface area contributed by atoms with Gasteiger partial charge >= 0.3 is 0 Å². The smallest absolute Gasteiger partial charge is 0.0920 e. The SMILES string of the molecule is Cl.OC1(c2ccccc2)CCN(CCCN2c3ccccc3CCc3ccccc32)CC1. The van der Waals surface area contributed by atoms with Crippen molar-refractivity contribution in [2.45, 2.75) is 37.7 Å². The van der Waals surface area contributed by atoms with Crippen molar-refractivity contribution >= 4 is 23.8 Å². The van der Waals surface area contributed by atoms with E-state index >= 15 is 0 Å². The minimum absolute atomic E-state index is 0. The van der Waals surface area contributed by atoms with E-state index in [2.05, 4.69) is 70.5 Å². The van der Waals surface area contributed by atoms with Crippen LogP contribution in [0.3, 0.4) is 0 Å². The molecule has 2 heterocycles. The summed E-state index contributed by atoms with van der Waals surface area (Å²) in [6, 6.07) is 27.9. The van der Waals surface area contributed by atoms with Crippen LogP contribution in [0.2, 0.25) is 0 Å². The van der Waals surface area contributed by atoms with E-state index in [0.717, 1.165) is 63.8 Å². The highest BCUT2D eigenvalue weighted by atomic mass is 35.5. The van der Waals surface area contributed by atoms with Crippen molar-refractivity contribution < 1.29 is 5.11 Å². The van der Waals surface area contributed by atoms with E-state index in [1.54, 1.807) is 0 Å². The predicted octanol–water partition coefficient (Wildman–Crippen LogP) is 5.72. The van der Waals surface area contributed by atoms with Crippen LogP contribution in [0.1, 0.15) is 36.0 Å². The molecular formula is C28H33ClN2O. The predicted molar refractivity (Wildman–Crippen MR) is 135 cm³/mol. The van der Waals surface area contributed by atoms with Gasteiger partial charge < -0.3 is 14.9 Å². The Kier molecular flexibility index (Phi) is 7.20. The van der Waals surface area contributed by atoms with Crippen LogP contribution in [0.4, 0.5) is 11.4 Å². The maximum atomic E-state index is 11.1. The normalized spacial score (nSPS) is 17.6.